The second-order valence-corrected chi connectivity index (χ2v) is 7.28. The van der Waals surface area contributed by atoms with E-state index in [1.165, 1.54) is 6.92 Å². The molecule has 0 aliphatic heterocycles. The van der Waals surface area contributed by atoms with E-state index in [-0.39, 0.29) is 11.8 Å². The highest BCUT2D eigenvalue weighted by Crippen LogP contribution is 2.06. The molecule has 10 heteroatoms. The van der Waals surface area contributed by atoms with Crippen LogP contribution in [0, 0.1) is 11.8 Å². The molecule has 0 aromatic heterocycles. The molecule has 0 fully saturated rings. The standard InChI is InChI=1S/C17H32N4O6/c1-8(2)6-11(18)15(24)21-13(9(3)4)16(25)19-10(5)14(23)20-12(7-22)17(26)27/h8-13,22H,6-7,18H2,1-5H3,(H,19,25)(H,20,23)(H,21,24)(H,26,27). The van der Waals surface area contributed by atoms with Crippen LogP contribution in [0.1, 0.15) is 41.0 Å². The van der Waals surface area contributed by atoms with Crippen molar-refractivity contribution >= 4 is 23.7 Å². The first-order valence-corrected chi connectivity index (χ1v) is 8.91. The molecular formula is C17H32N4O6. The molecule has 0 saturated heterocycles. The smallest absolute Gasteiger partial charge is 0.328 e. The number of nitrogens with two attached hydrogens (primary N) is 1. The fourth-order valence-electron chi connectivity index (χ4n) is 2.26. The van der Waals surface area contributed by atoms with Crippen molar-refractivity contribution in [3.8, 4) is 0 Å². The van der Waals surface area contributed by atoms with Gasteiger partial charge in [0.25, 0.3) is 0 Å². The zero-order valence-electron chi connectivity index (χ0n) is 16.5. The molecule has 7 N–H and O–H groups in total. The van der Waals surface area contributed by atoms with Gasteiger partial charge in [-0.15, -0.1) is 0 Å². The minimum absolute atomic E-state index is 0.217. The van der Waals surface area contributed by atoms with Crippen LogP contribution in [0.5, 0.6) is 0 Å². The number of carboxylic acids is 1. The predicted molar refractivity (Wildman–Crippen MR) is 98.5 cm³/mol. The first-order valence-electron chi connectivity index (χ1n) is 8.91. The lowest BCUT2D eigenvalue weighted by atomic mass is 10.00. The van der Waals surface area contributed by atoms with Gasteiger partial charge in [0, 0.05) is 0 Å². The van der Waals surface area contributed by atoms with Crippen LogP contribution in [0.4, 0.5) is 0 Å². The lowest BCUT2D eigenvalue weighted by molar-refractivity contribution is -0.143. The van der Waals surface area contributed by atoms with Crippen molar-refractivity contribution in [2.24, 2.45) is 17.6 Å². The molecule has 4 atom stereocenters. The van der Waals surface area contributed by atoms with Crippen molar-refractivity contribution in [3.63, 3.8) is 0 Å². The Morgan fingerprint density at radius 3 is 1.85 bits per heavy atom. The first-order chi connectivity index (χ1) is 12.4. The Balaban J connectivity index is 4.90. The predicted octanol–water partition coefficient (Wildman–Crippen LogP) is -1.43. The number of hydrogen-bond donors (Lipinski definition) is 6. The zero-order chi connectivity index (χ0) is 21.3. The SMILES string of the molecule is CC(C)CC(N)C(=O)NC(C(=O)NC(C)C(=O)NC(CO)C(=O)O)C(C)C. The number of carbonyl (C=O) groups excluding carboxylic acids is 3. The molecule has 0 radical (unpaired) electrons. The van der Waals surface area contributed by atoms with Crippen LogP contribution < -0.4 is 21.7 Å². The van der Waals surface area contributed by atoms with Crippen LogP contribution >= 0.6 is 0 Å². The maximum Gasteiger partial charge on any atom is 0.328 e. The average molecular weight is 388 g/mol. The Kier molecular flexibility index (Phi) is 10.6. The molecule has 0 aliphatic rings. The summed E-state index contributed by atoms with van der Waals surface area (Å²) in [5, 5.41) is 24.9. The van der Waals surface area contributed by atoms with E-state index in [4.69, 9.17) is 15.9 Å². The van der Waals surface area contributed by atoms with E-state index in [1.54, 1.807) is 13.8 Å². The molecule has 4 unspecified atom stereocenters. The molecule has 0 aliphatic carbocycles. The molecule has 0 bridgehead atoms. The normalized spacial score (nSPS) is 15.6. The molecule has 10 nitrogen and oxygen atoms in total. The Bertz CT molecular complexity index is 538. The van der Waals surface area contributed by atoms with E-state index in [2.05, 4.69) is 16.0 Å². The Labute approximate surface area is 159 Å². The van der Waals surface area contributed by atoms with Gasteiger partial charge in [-0.1, -0.05) is 27.7 Å². The highest BCUT2D eigenvalue weighted by atomic mass is 16.4. The maximum atomic E-state index is 12.5. The number of hydrogen-bond acceptors (Lipinski definition) is 6. The molecule has 156 valence electrons. The molecule has 0 heterocycles. The number of rotatable bonds is 11. The van der Waals surface area contributed by atoms with Crippen molar-refractivity contribution in [1.29, 1.82) is 0 Å². The van der Waals surface area contributed by atoms with Crippen LogP contribution in [0.3, 0.4) is 0 Å². The highest BCUT2D eigenvalue weighted by Gasteiger charge is 2.29. The van der Waals surface area contributed by atoms with Gasteiger partial charge in [0.2, 0.25) is 17.7 Å². The Hall–Kier alpha value is -2.20. The number of carbonyl (C=O) groups is 4. The third kappa shape index (κ3) is 8.83. The van der Waals surface area contributed by atoms with Gasteiger partial charge < -0.3 is 31.9 Å². The van der Waals surface area contributed by atoms with Crippen molar-refractivity contribution in [2.45, 2.75) is 65.2 Å². The number of aliphatic hydroxyl groups is 1. The maximum absolute atomic E-state index is 12.5. The summed E-state index contributed by atoms with van der Waals surface area (Å²) in [6.07, 6.45) is 0.467. The van der Waals surface area contributed by atoms with Crippen molar-refractivity contribution in [3.05, 3.63) is 0 Å². The fourth-order valence-corrected chi connectivity index (χ4v) is 2.26. The van der Waals surface area contributed by atoms with E-state index in [1.807, 2.05) is 13.8 Å². The Morgan fingerprint density at radius 1 is 0.889 bits per heavy atom. The summed E-state index contributed by atoms with van der Waals surface area (Å²) in [4.78, 5) is 47.5. The second-order valence-electron chi connectivity index (χ2n) is 7.28. The van der Waals surface area contributed by atoms with Gasteiger partial charge >= 0.3 is 5.97 Å². The Morgan fingerprint density at radius 2 is 1.44 bits per heavy atom. The minimum atomic E-state index is -1.47. The fraction of sp³-hybridized carbons (Fsp3) is 0.765. The second kappa shape index (κ2) is 11.5. The number of amides is 3. The number of aliphatic hydroxyl groups excluding tert-OH is 1. The van der Waals surface area contributed by atoms with Gasteiger partial charge in [-0.05, 0) is 25.2 Å². The van der Waals surface area contributed by atoms with E-state index in [0.29, 0.717) is 6.42 Å². The van der Waals surface area contributed by atoms with Crippen LogP contribution in [0.2, 0.25) is 0 Å². The van der Waals surface area contributed by atoms with E-state index in [9.17, 15) is 19.2 Å². The van der Waals surface area contributed by atoms with Crippen LogP contribution in [-0.2, 0) is 19.2 Å². The number of nitrogens with one attached hydrogen (secondary N) is 3. The molecule has 0 aromatic rings. The third-order valence-corrected chi connectivity index (χ3v) is 3.86. The molecule has 27 heavy (non-hydrogen) atoms. The summed E-state index contributed by atoms with van der Waals surface area (Å²) in [5.41, 5.74) is 5.83. The average Bonchev–Trinajstić information content (AvgIpc) is 2.55. The van der Waals surface area contributed by atoms with E-state index in [0.717, 1.165) is 0 Å². The monoisotopic (exact) mass is 388 g/mol. The lowest BCUT2D eigenvalue weighted by Gasteiger charge is -2.25. The van der Waals surface area contributed by atoms with Gasteiger partial charge in [-0.25, -0.2) is 4.79 Å². The summed E-state index contributed by atoms with van der Waals surface area (Å²) in [6, 6.07) is -4.18. The molecular weight excluding hydrogens is 356 g/mol. The minimum Gasteiger partial charge on any atom is -0.480 e. The van der Waals surface area contributed by atoms with Crippen LogP contribution in [0.15, 0.2) is 0 Å². The van der Waals surface area contributed by atoms with E-state index >= 15 is 0 Å². The van der Waals surface area contributed by atoms with Gasteiger partial charge in [0.05, 0.1) is 12.6 Å². The van der Waals surface area contributed by atoms with Gasteiger partial charge in [0.15, 0.2) is 0 Å². The number of aliphatic carboxylic acids is 1. The summed E-state index contributed by atoms with van der Waals surface area (Å²) in [7, 11) is 0. The van der Waals surface area contributed by atoms with Crippen LogP contribution in [0.25, 0.3) is 0 Å². The molecule has 0 aromatic carbocycles. The summed E-state index contributed by atoms with van der Waals surface area (Å²) in [6.45, 7) is 7.91. The summed E-state index contributed by atoms with van der Waals surface area (Å²) >= 11 is 0. The number of carboxylic acid groups (broad SMARTS) is 1. The summed E-state index contributed by atoms with van der Waals surface area (Å²) < 4.78 is 0. The van der Waals surface area contributed by atoms with Gasteiger partial charge in [0.1, 0.15) is 18.1 Å². The summed E-state index contributed by atoms with van der Waals surface area (Å²) in [5.74, 6) is -3.25. The molecule has 3 amide bonds. The highest BCUT2D eigenvalue weighted by molar-refractivity contribution is 5.94. The largest absolute Gasteiger partial charge is 0.480 e. The first kappa shape index (κ1) is 24.8. The van der Waals surface area contributed by atoms with Crippen molar-refractivity contribution in [1.82, 2.24) is 16.0 Å². The third-order valence-electron chi connectivity index (χ3n) is 3.86. The van der Waals surface area contributed by atoms with Crippen LogP contribution in [-0.4, -0.2) is 64.7 Å². The zero-order valence-corrected chi connectivity index (χ0v) is 16.5. The van der Waals surface area contributed by atoms with Gasteiger partial charge in [-0.2, -0.15) is 0 Å². The molecule has 0 spiro atoms. The van der Waals surface area contributed by atoms with Crippen molar-refractivity contribution in [2.75, 3.05) is 6.61 Å². The van der Waals surface area contributed by atoms with Gasteiger partial charge in [-0.3, -0.25) is 14.4 Å². The molecule has 0 saturated carbocycles. The lowest BCUT2D eigenvalue weighted by Crippen LogP contribution is -2.58. The van der Waals surface area contributed by atoms with E-state index < -0.39 is 54.5 Å². The quantitative estimate of drug-likeness (QED) is 0.252. The molecule has 0 rings (SSSR count). The van der Waals surface area contributed by atoms with Crippen molar-refractivity contribution < 1.29 is 29.4 Å². The topological polar surface area (TPSA) is 171 Å².